The molecule has 0 atom stereocenters. The van der Waals surface area contributed by atoms with Crippen molar-refractivity contribution in [2.24, 2.45) is 0 Å². The first kappa shape index (κ1) is 12.2. The zero-order valence-electron chi connectivity index (χ0n) is 10.6. The first-order valence-corrected chi connectivity index (χ1v) is 6.44. The van der Waals surface area contributed by atoms with Gasteiger partial charge in [0.15, 0.2) is 0 Å². The van der Waals surface area contributed by atoms with Crippen LogP contribution in [-0.4, -0.2) is 31.6 Å². The topological polar surface area (TPSA) is 38.5 Å². The van der Waals surface area contributed by atoms with Gasteiger partial charge in [0.2, 0.25) is 0 Å². The van der Waals surface area contributed by atoms with Crippen LogP contribution in [0.3, 0.4) is 0 Å². The molecule has 2 rings (SSSR count). The summed E-state index contributed by atoms with van der Waals surface area (Å²) in [5.74, 6) is 0.837. The Hall–Kier alpha value is -1.22. The molecule has 0 saturated carbocycles. The molecule has 1 aromatic carbocycles. The molecule has 1 saturated heterocycles. The summed E-state index contributed by atoms with van der Waals surface area (Å²) in [6, 6.07) is 5.98. The lowest BCUT2D eigenvalue weighted by molar-refractivity contribution is 0.231. The maximum Gasteiger partial charge on any atom is 0.120 e. The predicted molar refractivity (Wildman–Crippen MR) is 71.4 cm³/mol. The van der Waals surface area contributed by atoms with E-state index in [2.05, 4.69) is 11.0 Å². The van der Waals surface area contributed by atoms with Crippen LogP contribution in [0.5, 0.6) is 5.75 Å². The number of benzene rings is 1. The zero-order valence-corrected chi connectivity index (χ0v) is 10.6. The molecule has 3 nitrogen and oxygen atoms in total. The fourth-order valence-electron chi connectivity index (χ4n) is 2.39. The summed E-state index contributed by atoms with van der Waals surface area (Å²) in [5.41, 5.74) is 8.10. The number of likely N-dealkylation sites (tertiary alicyclic amines) is 1. The molecule has 0 bridgehead atoms. The summed E-state index contributed by atoms with van der Waals surface area (Å²) >= 11 is 0. The van der Waals surface area contributed by atoms with Crippen LogP contribution >= 0.6 is 0 Å². The molecule has 17 heavy (non-hydrogen) atoms. The van der Waals surface area contributed by atoms with Crippen molar-refractivity contribution in [3.63, 3.8) is 0 Å². The third-order valence-corrected chi connectivity index (χ3v) is 3.50. The smallest absolute Gasteiger partial charge is 0.120 e. The number of piperidine rings is 1. The molecule has 0 aliphatic carbocycles. The molecule has 0 radical (unpaired) electrons. The van der Waals surface area contributed by atoms with E-state index in [0.717, 1.165) is 24.4 Å². The highest BCUT2D eigenvalue weighted by molar-refractivity contribution is 5.51. The molecule has 1 heterocycles. The lowest BCUT2D eigenvalue weighted by atomic mass is 10.1. The highest BCUT2D eigenvalue weighted by Crippen LogP contribution is 2.20. The predicted octanol–water partition coefficient (Wildman–Crippen LogP) is 2.31. The molecular formula is C14H22N2O. The van der Waals surface area contributed by atoms with Crippen molar-refractivity contribution in [1.29, 1.82) is 0 Å². The Kier molecular flexibility index (Phi) is 4.26. The molecule has 0 amide bonds. The summed E-state index contributed by atoms with van der Waals surface area (Å²) < 4.78 is 5.15. The molecule has 0 aromatic heterocycles. The number of ether oxygens (including phenoxy) is 1. The van der Waals surface area contributed by atoms with Crippen molar-refractivity contribution in [1.82, 2.24) is 4.90 Å². The average molecular weight is 234 g/mol. The van der Waals surface area contributed by atoms with Crippen molar-refractivity contribution in [3.05, 3.63) is 23.8 Å². The van der Waals surface area contributed by atoms with Crippen LogP contribution in [0.1, 0.15) is 24.8 Å². The monoisotopic (exact) mass is 234 g/mol. The van der Waals surface area contributed by atoms with E-state index in [1.807, 2.05) is 12.1 Å². The molecule has 2 N–H and O–H groups in total. The van der Waals surface area contributed by atoms with E-state index >= 15 is 0 Å². The minimum absolute atomic E-state index is 0.837. The van der Waals surface area contributed by atoms with Gasteiger partial charge >= 0.3 is 0 Å². The summed E-state index contributed by atoms with van der Waals surface area (Å²) in [4.78, 5) is 2.53. The van der Waals surface area contributed by atoms with Gasteiger partial charge < -0.3 is 15.4 Å². The SMILES string of the molecule is COc1ccc(CCN2CCCCC2)c(N)c1. The van der Waals surface area contributed by atoms with Crippen LogP contribution in [0.15, 0.2) is 18.2 Å². The highest BCUT2D eigenvalue weighted by Gasteiger charge is 2.10. The largest absolute Gasteiger partial charge is 0.497 e. The zero-order chi connectivity index (χ0) is 12.1. The summed E-state index contributed by atoms with van der Waals surface area (Å²) in [6.45, 7) is 3.61. The number of nitrogen functional groups attached to an aromatic ring is 1. The highest BCUT2D eigenvalue weighted by atomic mass is 16.5. The standard InChI is InChI=1S/C14H22N2O/c1-17-13-6-5-12(14(15)11-13)7-10-16-8-3-2-4-9-16/h5-6,11H,2-4,7-10,15H2,1H3. The summed E-state index contributed by atoms with van der Waals surface area (Å²) in [5, 5.41) is 0. The first-order valence-electron chi connectivity index (χ1n) is 6.44. The van der Waals surface area contributed by atoms with E-state index in [1.165, 1.54) is 37.9 Å². The minimum Gasteiger partial charge on any atom is -0.497 e. The van der Waals surface area contributed by atoms with E-state index in [4.69, 9.17) is 10.5 Å². The van der Waals surface area contributed by atoms with E-state index < -0.39 is 0 Å². The molecule has 1 aliphatic rings. The normalized spacial score (nSPS) is 17.0. The van der Waals surface area contributed by atoms with Crippen LogP contribution in [0.2, 0.25) is 0 Å². The first-order chi connectivity index (χ1) is 8.29. The second-order valence-corrected chi connectivity index (χ2v) is 4.72. The maximum atomic E-state index is 6.01. The molecule has 3 heteroatoms. The van der Waals surface area contributed by atoms with Gasteiger partial charge in [-0.2, -0.15) is 0 Å². The van der Waals surface area contributed by atoms with Gasteiger partial charge in [-0.25, -0.2) is 0 Å². The minimum atomic E-state index is 0.837. The summed E-state index contributed by atoms with van der Waals surface area (Å²) in [7, 11) is 1.67. The number of rotatable bonds is 4. The molecule has 1 aromatic rings. The van der Waals surface area contributed by atoms with Gasteiger partial charge in [0.05, 0.1) is 7.11 Å². The van der Waals surface area contributed by atoms with Crippen LogP contribution in [0, 0.1) is 0 Å². The number of hydrogen-bond acceptors (Lipinski definition) is 3. The molecule has 1 fully saturated rings. The van der Waals surface area contributed by atoms with Gasteiger partial charge in [-0.3, -0.25) is 0 Å². The number of nitrogens with two attached hydrogens (primary N) is 1. The van der Waals surface area contributed by atoms with E-state index in [9.17, 15) is 0 Å². The van der Waals surface area contributed by atoms with Gasteiger partial charge in [0, 0.05) is 18.3 Å². The average Bonchev–Trinajstić information content (AvgIpc) is 2.38. The third-order valence-electron chi connectivity index (χ3n) is 3.50. The van der Waals surface area contributed by atoms with Crippen molar-refractivity contribution >= 4 is 5.69 Å². The van der Waals surface area contributed by atoms with Gasteiger partial charge in [-0.1, -0.05) is 12.5 Å². The van der Waals surface area contributed by atoms with Gasteiger partial charge in [-0.05, 0) is 44.0 Å². The number of methoxy groups -OCH3 is 1. The second-order valence-electron chi connectivity index (χ2n) is 4.72. The second kappa shape index (κ2) is 5.92. The van der Waals surface area contributed by atoms with Crippen LogP contribution in [-0.2, 0) is 6.42 Å². The Balaban J connectivity index is 1.89. The van der Waals surface area contributed by atoms with Gasteiger partial charge in [0.25, 0.3) is 0 Å². The van der Waals surface area contributed by atoms with Crippen molar-refractivity contribution < 1.29 is 4.74 Å². The van der Waals surface area contributed by atoms with E-state index in [1.54, 1.807) is 7.11 Å². The third kappa shape index (κ3) is 3.37. The molecule has 0 spiro atoms. The fourth-order valence-corrected chi connectivity index (χ4v) is 2.39. The lowest BCUT2D eigenvalue weighted by Crippen LogP contribution is -2.31. The lowest BCUT2D eigenvalue weighted by Gasteiger charge is -2.26. The van der Waals surface area contributed by atoms with Crippen LogP contribution in [0.4, 0.5) is 5.69 Å². The van der Waals surface area contributed by atoms with Crippen molar-refractivity contribution in [3.8, 4) is 5.75 Å². The molecule has 1 aliphatic heterocycles. The Labute approximate surface area is 104 Å². The van der Waals surface area contributed by atoms with E-state index in [0.29, 0.717) is 0 Å². The molecular weight excluding hydrogens is 212 g/mol. The number of hydrogen-bond donors (Lipinski definition) is 1. The fraction of sp³-hybridized carbons (Fsp3) is 0.571. The summed E-state index contributed by atoms with van der Waals surface area (Å²) in [6.07, 6.45) is 5.12. The van der Waals surface area contributed by atoms with Crippen molar-refractivity contribution in [2.45, 2.75) is 25.7 Å². The van der Waals surface area contributed by atoms with Crippen LogP contribution < -0.4 is 10.5 Å². The van der Waals surface area contributed by atoms with Crippen LogP contribution in [0.25, 0.3) is 0 Å². The van der Waals surface area contributed by atoms with Crippen molar-refractivity contribution in [2.75, 3.05) is 32.5 Å². The Morgan fingerprint density at radius 2 is 2.00 bits per heavy atom. The number of anilines is 1. The van der Waals surface area contributed by atoms with Gasteiger partial charge in [-0.15, -0.1) is 0 Å². The molecule has 94 valence electrons. The number of nitrogens with zero attached hydrogens (tertiary/aromatic N) is 1. The maximum absolute atomic E-state index is 6.01. The van der Waals surface area contributed by atoms with E-state index in [-0.39, 0.29) is 0 Å². The Morgan fingerprint density at radius 3 is 2.65 bits per heavy atom. The Morgan fingerprint density at radius 1 is 1.24 bits per heavy atom. The Bertz CT molecular complexity index is 359. The van der Waals surface area contributed by atoms with Gasteiger partial charge in [0.1, 0.15) is 5.75 Å². The molecule has 0 unspecified atom stereocenters. The quantitative estimate of drug-likeness (QED) is 0.812.